The van der Waals surface area contributed by atoms with Crippen LogP contribution in [-0.2, 0) is 4.79 Å². The van der Waals surface area contributed by atoms with Crippen LogP contribution in [0.5, 0.6) is 0 Å². The van der Waals surface area contributed by atoms with Crippen molar-refractivity contribution >= 4 is 11.7 Å². The lowest BCUT2D eigenvalue weighted by Gasteiger charge is -2.17. The molecule has 0 bridgehead atoms. The van der Waals surface area contributed by atoms with Gasteiger partial charge in [-0.2, -0.15) is 0 Å². The van der Waals surface area contributed by atoms with Gasteiger partial charge in [-0.15, -0.1) is 0 Å². The second-order valence-electron chi connectivity index (χ2n) is 3.93. The minimum Gasteiger partial charge on any atom is -0.370 e. The third kappa shape index (κ3) is 7.93. The fraction of sp³-hybridized carbons (Fsp3) is 0.800. The Balaban J connectivity index is 3.87. The minimum absolute atomic E-state index is 0.0841. The van der Waals surface area contributed by atoms with Crippen molar-refractivity contribution in [3.05, 3.63) is 0 Å². The highest BCUT2D eigenvalue weighted by molar-refractivity contribution is 5.81. The molecule has 0 heterocycles. The summed E-state index contributed by atoms with van der Waals surface area (Å²) in [5.41, 5.74) is 10.4. The number of guanidine groups is 1. The van der Waals surface area contributed by atoms with Gasteiger partial charge in [0.1, 0.15) is 5.78 Å². The van der Waals surface area contributed by atoms with Crippen LogP contribution < -0.4 is 16.8 Å². The summed E-state index contributed by atoms with van der Waals surface area (Å²) in [6, 6.07) is 0.223. The van der Waals surface area contributed by atoms with Crippen molar-refractivity contribution in [3.8, 4) is 0 Å². The van der Waals surface area contributed by atoms with Gasteiger partial charge in [-0.1, -0.05) is 13.8 Å². The zero-order chi connectivity index (χ0) is 11.8. The first-order valence-corrected chi connectivity index (χ1v) is 5.25. The molecule has 0 unspecified atom stereocenters. The molecule has 0 aromatic heterocycles. The Hall–Kier alpha value is -1.10. The third-order valence-corrected chi connectivity index (χ3v) is 1.97. The first-order valence-electron chi connectivity index (χ1n) is 5.25. The zero-order valence-corrected chi connectivity index (χ0v) is 9.79. The predicted molar refractivity (Wildman–Crippen MR) is 62.7 cm³/mol. The van der Waals surface area contributed by atoms with E-state index in [1.807, 2.05) is 13.8 Å². The maximum atomic E-state index is 11.3. The van der Waals surface area contributed by atoms with Crippen LogP contribution in [-0.4, -0.2) is 30.4 Å². The van der Waals surface area contributed by atoms with Crippen LogP contribution in [0, 0.1) is 0 Å². The number of nitrogens with one attached hydrogen (secondary N) is 1. The molecule has 0 aliphatic heterocycles. The number of carbonyl (C=O) groups excluding carboxylic acids is 1. The molecular formula is C10H22N4O. The van der Waals surface area contributed by atoms with Crippen molar-refractivity contribution in [2.24, 2.45) is 16.5 Å². The van der Waals surface area contributed by atoms with Gasteiger partial charge >= 0.3 is 0 Å². The molecule has 0 radical (unpaired) electrons. The van der Waals surface area contributed by atoms with E-state index >= 15 is 0 Å². The first kappa shape index (κ1) is 13.9. The summed E-state index contributed by atoms with van der Waals surface area (Å²) in [4.78, 5) is 15.1. The van der Waals surface area contributed by atoms with Crippen molar-refractivity contribution in [1.29, 1.82) is 0 Å². The molecule has 1 atom stereocenters. The summed E-state index contributed by atoms with van der Waals surface area (Å²) in [5.74, 6) is 0.264. The van der Waals surface area contributed by atoms with E-state index < -0.39 is 0 Å². The van der Waals surface area contributed by atoms with Crippen molar-refractivity contribution in [2.45, 2.75) is 45.7 Å². The third-order valence-electron chi connectivity index (χ3n) is 1.97. The average Bonchev–Trinajstić information content (AvgIpc) is 2.08. The molecule has 15 heavy (non-hydrogen) atoms. The molecule has 5 N–H and O–H groups in total. The average molecular weight is 214 g/mol. The highest BCUT2D eigenvalue weighted by atomic mass is 16.1. The molecular weight excluding hydrogens is 192 g/mol. The number of ketones is 1. The van der Waals surface area contributed by atoms with E-state index in [1.54, 1.807) is 6.92 Å². The van der Waals surface area contributed by atoms with Crippen molar-refractivity contribution in [1.82, 2.24) is 5.32 Å². The summed E-state index contributed by atoms with van der Waals surface area (Å²) in [6.07, 6.45) is 1.58. The monoisotopic (exact) mass is 214 g/mol. The van der Waals surface area contributed by atoms with Crippen LogP contribution >= 0.6 is 0 Å². The molecule has 5 nitrogen and oxygen atoms in total. The number of carbonyl (C=O) groups is 1. The van der Waals surface area contributed by atoms with Gasteiger partial charge in [-0.3, -0.25) is 9.79 Å². The number of nitrogens with two attached hydrogens (primary N) is 2. The smallest absolute Gasteiger partial charge is 0.185 e. The van der Waals surface area contributed by atoms with Crippen molar-refractivity contribution in [2.75, 3.05) is 6.54 Å². The Labute approximate surface area is 91.3 Å². The van der Waals surface area contributed by atoms with E-state index in [0.29, 0.717) is 12.6 Å². The predicted octanol–water partition coefficient (Wildman–Crippen LogP) is -0.00440. The maximum absolute atomic E-state index is 11.3. The summed E-state index contributed by atoms with van der Waals surface area (Å²) in [7, 11) is 0. The highest BCUT2D eigenvalue weighted by Gasteiger charge is 2.13. The van der Waals surface area contributed by atoms with Crippen LogP contribution in [0.3, 0.4) is 0 Å². The molecule has 88 valence electrons. The van der Waals surface area contributed by atoms with Crippen molar-refractivity contribution < 1.29 is 4.79 Å². The standard InChI is InChI=1S/C10H22N4O/c1-7(2)14-9(8(3)15)5-4-6-13-10(11)12/h7,9,14H,4-6H2,1-3H3,(H4,11,12,13)/t9-/m0/s1. The summed E-state index contributed by atoms with van der Waals surface area (Å²) in [5, 5.41) is 3.21. The van der Waals surface area contributed by atoms with Gasteiger partial charge in [-0.25, -0.2) is 0 Å². The Morgan fingerprint density at radius 1 is 1.40 bits per heavy atom. The van der Waals surface area contributed by atoms with Crippen LogP contribution in [0.4, 0.5) is 0 Å². The number of Topliss-reactive ketones (excluding diaryl/α,β-unsaturated/α-hetero) is 1. The van der Waals surface area contributed by atoms with Crippen LogP contribution in [0.1, 0.15) is 33.6 Å². The number of aliphatic imine (C=N–C) groups is 1. The van der Waals surface area contributed by atoms with Gasteiger partial charge < -0.3 is 16.8 Å². The van der Waals surface area contributed by atoms with Crippen LogP contribution in [0.2, 0.25) is 0 Å². The SMILES string of the molecule is CC(=O)[C@H](CCCN=C(N)N)NC(C)C. The second-order valence-corrected chi connectivity index (χ2v) is 3.93. The van der Waals surface area contributed by atoms with Crippen molar-refractivity contribution in [3.63, 3.8) is 0 Å². The minimum atomic E-state index is -0.0841. The van der Waals surface area contributed by atoms with Gasteiger partial charge in [0.15, 0.2) is 5.96 Å². The van der Waals surface area contributed by atoms with E-state index in [-0.39, 0.29) is 17.8 Å². The molecule has 0 saturated carbocycles. The van der Waals surface area contributed by atoms with Gasteiger partial charge in [0.2, 0.25) is 0 Å². The van der Waals surface area contributed by atoms with Gasteiger partial charge in [0.05, 0.1) is 6.04 Å². The Kier molecular flexibility index (Phi) is 6.70. The molecule has 0 fully saturated rings. The molecule has 0 aliphatic rings. The molecule has 0 saturated heterocycles. The quantitative estimate of drug-likeness (QED) is 0.316. The number of hydrogen-bond acceptors (Lipinski definition) is 3. The summed E-state index contributed by atoms with van der Waals surface area (Å²) < 4.78 is 0. The van der Waals surface area contributed by atoms with Gasteiger partial charge in [0.25, 0.3) is 0 Å². The molecule has 5 heteroatoms. The van der Waals surface area contributed by atoms with E-state index in [9.17, 15) is 4.79 Å². The van der Waals surface area contributed by atoms with E-state index in [0.717, 1.165) is 12.8 Å². The van der Waals surface area contributed by atoms with E-state index in [4.69, 9.17) is 11.5 Å². The molecule has 0 aliphatic carbocycles. The van der Waals surface area contributed by atoms with Crippen LogP contribution in [0.25, 0.3) is 0 Å². The number of nitrogens with zero attached hydrogens (tertiary/aromatic N) is 1. The molecule has 0 spiro atoms. The van der Waals surface area contributed by atoms with Gasteiger partial charge in [-0.05, 0) is 19.8 Å². The largest absolute Gasteiger partial charge is 0.370 e. The summed E-state index contributed by atoms with van der Waals surface area (Å²) >= 11 is 0. The van der Waals surface area contributed by atoms with E-state index in [1.165, 1.54) is 0 Å². The highest BCUT2D eigenvalue weighted by Crippen LogP contribution is 2.00. The maximum Gasteiger partial charge on any atom is 0.185 e. The normalized spacial score (nSPS) is 12.5. The Morgan fingerprint density at radius 2 is 2.00 bits per heavy atom. The molecule has 0 rings (SSSR count). The number of hydrogen-bond donors (Lipinski definition) is 3. The lowest BCUT2D eigenvalue weighted by Crippen LogP contribution is -2.39. The molecule has 0 aromatic carbocycles. The molecule has 0 aromatic rings. The number of rotatable bonds is 7. The Bertz CT molecular complexity index is 221. The zero-order valence-electron chi connectivity index (χ0n) is 9.79. The first-order chi connectivity index (χ1) is 6.93. The molecule has 0 amide bonds. The second kappa shape index (κ2) is 7.23. The lowest BCUT2D eigenvalue weighted by molar-refractivity contribution is -0.119. The fourth-order valence-electron chi connectivity index (χ4n) is 1.31. The lowest BCUT2D eigenvalue weighted by atomic mass is 10.1. The fourth-order valence-corrected chi connectivity index (χ4v) is 1.31. The topological polar surface area (TPSA) is 93.5 Å². The van der Waals surface area contributed by atoms with E-state index in [2.05, 4.69) is 10.3 Å². The summed E-state index contributed by atoms with van der Waals surface area (Å²) in [6.45, 7) is 6.21. The Morgan fingerprint density at radius 3 is 2.40 bits per heavy atom. The van der Waals surface area contributed by atoms with Crippen LogP contribution in [0.15, 0.2) is 4.99 Å². The van der Waals surface area contributed by atoms with Gasteiger partial charge in [0, 0.05) is 12.6 Å².